The number of amides is 1. The number of nitrogens with zero attached hydrogens (tertiary/aromatic N) is 2. The van der Waals surface area contributed by atoms with Crippen molar-refractivity contribution in [3.8, 4) is 0 Å². The van der Waals surface area contributed by atoms with Crippen molar-refractivity contribution in [2.24, 2.45) is 5.92 Å². The fraction of sp³-hybridized carbons (Fsp3) is 0.222. The molecule has 142 valence electrons. The van der Waals surface area contributed by atoms with Crippen LogP contribution in [0.25, 0.3) is 5.52 Å². The molecule has 2 aromatic heterocycles. The Labute approximate surface area is 168 Å². The van der Waals surface area contributed by atoms with Crippen LogP contribution < -0.4 is 10.8 Å². The van der Waals surface area contributed by atoms with Crippen molar-refractivity contribution in [3.63, 3.8) is 0 Å². The molecule has 27 heavy (non-hydrogen) atoms. The van der Waals surface area contributed by atoms with Gasteiger partial charge < -0.3 is 10.4 Å². The summed E-state index contributed by atoms with van der Waals surface area (Å²) in [6.07, 6.45) is 3.17. The second-order valence-corrected chi connectivity index (χ2v) is 7.31. The minimum absolute atomic E-state index is 0.0459. The molecule has 0 bridgehead atoms. The third kappa shape index (κ3) is 4.54. The maximum atomic E-state index is 14.3. The molecule has 9 heteroatoms. The molecule has 0 radical (unpaired) electrons. The van der Waals surface area contributed by atoms with Crippen molar-refractivity contribution in [2.45, 2.75) is 6.92 Å². The normalized spacial score (nSPS) is 12.1. The molecule has 0 aliphatic carbocycles. The fourth-order valence-corrected chi connectivity index (χ4v) is 2.83. The van der Waals surface area contributed by atoms with Gasteiger partial charge in [-0.05, 0) is 52.9 Å². The Kier molecular flexibility index (Phi) is 6.24. The monoisotopic (exact) mass is 484 g/mol. The van der Waals surface area contributed by atoms with Gasteiger partial charge in [0.2, 0.25) is 0 Å². The number of carbonyl (C=O) groups excluding carboxylic acids is 1. The number of aliphatic hydroxyl groups is 1. The Hall–Kier alpha value is -2.24. The fourth-order valence-electron chi connectivity index (χ4n) is 2.38. The highest BCUT2D eigenvalue weighted by Gasteiger charge is 2.17. The van der Waals surface area contributed by atoms with Crippen LogP contribution in [0.5, 0.6) is 0 Å². The molecule has 0 unspecified atom stereocenters. The van der Waals surface area contributed by atoms with Gasteiger partial charge in [0, 0.05) is 16.1 Å². The first-order chi connectivity index (χ1) is 13.0. The molecule has 2 heterocycles. The molecule has 3 aromatic rings. The predicted molar refractivity (Wildman–Crippen MR) is 107 cm³/mol. The SMILES string of the molecule is C[C@H](CO)CONC(=O)c1ccc2cncn2c1Nc1ccc(I)cc1F. The Balaban J connectivity index is 1.91. The number of fused-ring (bicyclic) bond motifs is 1. The molecule has 1 amide bonds. The largest absolute Gasteiger partial charge is 0.396 e. The van der Waals surface area contributed by atoms with Crippen molar-refractivity contribution in [1.29, 1.82) is 0 Å². The molecular weight excluding hydrogens is 466 g/mol. The maximum Gasteiger partial charge on any atom is 0.278 e. The molecule has 0 aliphatic rings. The van der Waals surface area contributed by atoms with E-state index in [1.165, 1.54) is 12.4 Å². The van der Waals surface area contributed by atoms with E-state index in [1.807, 2.05) is 22.6 Å². The lowest BCUT2D eigenvalue weighted by Crippen LogP contribution is -2.28. The van der Waals surface area contributed by atoms with E-state index in [9.17, 15) is 9.18 Å². The molecule has 1 atom stereocenters. The van der Waals surface area contributed by atoms with Gasteiger partial charge >= 0.3 is 0 Å². The summed E-state index contributed by atoms with van der Waals surface area (Å²) in [6, 6.07) is 8.11. The van der Waals surface area contributed by atoms with Crippen LogP contribution in [-0.4, -0.2) is 33.6 Å². The van der Waals surface area contributed by atoms with Gasteiger partial charge in [-0.3, -0.25) is 14.0 Å². The van der Waals surface area contributed by atoms with Gasteiger partial charge in [-0.25, -0.2) is 14.9 Å². The Bertz CT molecular complexity index is 963. The summed E-state index contributed by atoms with van der Waals surface area (Å²) < 4.78 is 16.7. The second kappa shape index (κ2) is 8.63. The highest BCUT2D eigenvalue weighted by molar-refractivity contribution is 14.1. The molecular formula is C18H18FIN4O3. The Morgan fingerprint density at radius 2 is 2.22 bits per heavy atom. The van der Waals surface area contributed by atoms with Crippen LogP contribution in [-0.2, 0) is 4.84 Å². The number of halogens is 2. The van der Waals surface area contributed by atoms with Crippen LogP contribution in [0.2, 0.25) is 0 Å². The number of hydroxylamine groups is 1. The summed E-state index contributed by atoms with van der Waals surface area (Å²) in [5, 5.41) is 12.0. The molecule has 1 aromatic carbocycles. The van der Waals surface area contributed by atoms with Crippen LogP contribution in [0.15, 0.2) is 42.9 Å². The average molecular weight is 484 g/mol. The number of imidazole rings is 1. The highest BCUT2D eigenvalue weighted by atomic mass is 127. The maximum absolute atomic E-state index is 14.3. The number of aliphatic hydroxyl groups excluding tert-OH is 1. The van der Waals surface area contributed by atoms with Crippen LogP contribution in [0, 0.1) is 15.3 Å². The summed E-state index contributed by atoms with van der Waals surface area (Å²) >= 11 is 2.03. The summed E-state index contributed by atoms with van der Waals surface area (Å²) in [4.78, 5) is 21.8. The third-order valence-corrected chi connectivity index (χ3v) is 4.53. The number of nitrogens with one attached hydrogen (secondary N) is 2. The minimum Gasteiger partial charge on any atom is -0.396 e. The number of hydrogen-bond donors (Lipinski definition) is 3. The number of rotatable bonds is 7. The number of pyridine rings is 1. The van der Waals surface area contributed by atoms with E-state index in [4.69, 9.17) is 9.94 Å². The van der Waals surface area contributed by atoms with Crippen LogP contribution in [0.3, 0.4) is 0 Å². The van der Waals surface area contributed by atoms with E-state index >= 15 is 0 Å². The molecule has 7 nitrogen and oxygen atoms in total. The average Bonchev–Trinajstić information content (AvgIpc) is 3.12. The zero-order valence-electron chi connectivity index (χ0n) is 14.4. The molecule has 3 N–H and O–H groups in total. The lowest BCUT2D eigenvalue weighted by Gasteiger charge is -2.15. The lowest BCUT2D eigenvalue weighted by atomic mass is 10.2. The van der Waals surface area contributed by atoms with E-state index in [2.05, 4.69) is 15.8 Å². The number of carbonyl (C=O) groups is 1. The van der Waals surface area contributed by atoms with Gasteiger partial charge in [-0.15, -0.1) is 0 Å². The number of aromatic nitrogens is 2. The summed E-state index contributed by atoms with van der Waals surface area (Å²) in [6.45, 7) is 1.91. The van der Waals surface area contributed by atoms with E-state index in [1.54, 1.807) is 41.8 Å². The van der Waals surface area contributed by atoms with Crippen LogP contribution in [0.4, 0.5) is 15.9 Å². The summed E-state index contributed by atoms with van der Waals surface area (Å²) in [5.41, 5.74) is 3.59. The zero-order valence-corrected chi connectivity index (χ0v) is 16.6. The molecule has 0 saturated carbocycles. The van der Waals surface area contributed by atoms with Crippen LogP contribution >= 0.6 is 22.6 Å². The number of benzene rings is 1. The topological polar surface area (TPSA) is 87.9 Å². The van der Waals surface area contributed by atoms with Gasteiger partial charge in [0.05, 0.1) is 29.6 Å². The van der Waals surface area contributed by atoms with E-state index in [0.29, 0.717) is 5.82 Å². The second-order valence-electron chi connectivity index (χ2n) is 6.06. The molecule has 0 aliphatic heterocycles. The summed E-state index contributed by atoms with van der Waals surface area (Å²) in [7, 11) is 0. The first kappa shape index (κ1) is 19.5. The first-order valence-electron chi connectivity index (χ1n) is 8.19. The third-order valence-electron chi connectivity index (χ3n) is 3.86. The Morgan fingerprint density at radius 3 is 2.96 bits per heavy atom. The zero-order chi connectivity index (χ0) is 19.4. The van der Waals surface area contributed by atoms with E-state index in [-0.39, 0.29) is 30.4 Å². The molecule has 0 spiro atoms. The smallest absolute Gasteiger partial charge is 0.278 e. The van der Waals surface area contributed by atoms with Gasteiger partial charge in [0.1, 0.15) is 18.0 Å². The van der Waals surface area contributed by atoms with Crippen molar-refractivity contribution in [1.82, 2.24) is 14.9 Å². The predicted octanol–water partition coefficient (Wildman–Crippen LogP) is 3.11. The lowest BCUT2D eigenvalue weighted by molar-refractivity contribution is 0.0101. The molecule has 0 fully saturated rings. The van der Waals surface area contributed by atoms with Crippen LogP contribution in [0.1, 0.15) is 17.3 Å². The van der Waals surface area contributed by atoms with Gasteiger partial charge in [-0.2, -0.15) is 0 Å². The van der Waals surface area contributed by atoms with E-state index in [0.717, 1.165) is 9.09 Å². The van der Waals surface area contributed by atoms with Crippen molar-refractivity contribution in [2.75, 3.05) is 18.5 Å². The summed E-state index contributed by atoms with van der Waals surface area (Å²) in [5.74, 6) is -0.677. The van der Waals surface area contributed by atoms with Crippen molar-refractivity contribution < 1.29 is 19.1 Å². The van der Waals surface area contributed by atoms with Gasteiger partial charge in [-0.1, -0.05) is 6.92 Å². The minimum atomic E-state index is -0.496. The standard InChI is InChI=1S/C18H18FIN4O3/c1-11(8-25)9-27-23-18(26)14-4-3-13-7-21-10-24(13)17(14)22-16-5-2-12(20)6-15(16)19/h2-7,10-11,22,25H,8-9H2,1H3,(H,23,26)/t11-/m1/s1. The first-order valence-corrected chi connectivity index (χ1v) is 9.27. The number of anilines is 2. The van der Waals surface area contributed by atoms with Gasteiger partial charge in [0.25, 0.3) is 5.91 Å². The highest BCUT2D eigenvalue weighted by Crippen LogP contribution is 2.26. The van der Waals surface area contributed by atoms with Gasteiger partial charge in [0.15, 0.2) is 0 Å². The number of hydrogen-bond acceptors (Lipinski definition) is 5. The van der Waals surface area contributed by atoms with Crippen molar-refractivity contribution >= 4 is 45.5 Å². The van der Waals surface area contributed by atoms with E-state index < -0.39 is 11.7 Å². The quantitative estimate of drug-likeness (QED) is 0.355. The molecule has 0 saturated heterocycles. The Morgan fingerprint density at radius 1 is 1.41 bits per heavy atom. The molecule has 3 rings (SSSR count). The van der Waals surface area contributed by atoms with Crippen molar-refractivity contribution in [3.05, 3.63) is 57.8 Å².